The third kappa shape index (κ3) is 3.24. The summed E-state index contributed by atoms with van der Waals surface area (Å²) in [6.07, 6.45) is 0.269. The summed E-state index contributed by atoms with van der Waals surface area (Å²) < 4.78 is 0. The predicted octanol–water partition coefficient (Wildman–Crippen LogP) is 1.55. The summed E-state index contributed by atoms with van der Waals surface area (Å²) in [5.41, 5.74) is 5.61. The van der Waals surface area contributed by atoms with Gasteiger partial charge in [0.05, 0.1) is 0 Å². The van der Waals surface area contributed by atoms with Crippen molar-refractivity contribution in [1.82, 2.24) is 10.2 Å². The highest BCUT2D eigenvalue weighted by molar-refractivity contribution is 6.07. The number of carbonyl (C=O) groups is 3. The van der Waals surface area contributed by atoms with E-state index in [0.717, 1.165) is 10.5 Å². The van der Waals surface area contributed by atoms with E-state index in [9.17, 15) is 14.4 Å². The van der Waals surface area contributed by atoms with Gasteiger partial charge in [-0.05, 0) is 11.1 Å². The van der Waals surface area contributed by atoms with Crippen LogP contribution in [0.2, 0.25) is 0 Å². The maximum Gasteiger partial charge on any atom is 0.325 e. The van der Waals surface area contributed by atoms with Crippen LogP contribution in [0.15, 0.2) is 60.7 Å². The molecule has 6 heteroatoms. The standard InChI is InChI=1S/C19H19N3O3/c20-16(23)11-12-22-17(24)19(21-18(22)25,15-9-5-2-6-10-15)13-14-7-3-1-4-8-14/h1-10H,11-13H2,(H2,20,23)(H,21,25). The third-order valence-electron chi connectivity index (χ3n) is 4.34. The molecule has 0 radical (unpaired) electrons. The normalized spacial score (nSPS) is 19.8. The van der Waals surface area contributed by atoms with Crippen molar-refractivity contribution in [3.05, 3.63) is 71.8 Å². The highest BCUT2D eigenvalue weighted by Crippen LogP contribution is 2.33. The number of urea groups is 1. The Labute approximate surface area is 145 Å². The summed E-state index contributed by atoms with van der Waals surface area (Å²) in [6.45, 7) is -0.0244. The molecule has 4 amide bonds. The van der Waals surface area contributed by atoms with E-state index in [-0.39, 0.29) is 18.9 Å². The lowest BCUT2D eigenvalue weighted by atomic mass is 9.83. The molecule has 1 fully saturated rings. The molecule has 1 unspecified atom stereocenters. The van der Waals surface area contributed by atoms with Crippen molar-refractivity contribution in [2.45, 2.75) is 18.4 Å². The lowest BCUT2D eigenvalue weighted by molar-refractivity contribution is -0.132. The number of amides is 4. The van der Waals surface area contributed by atoms with Crippen molar-refractivity contribution in [2.75, 3.05) is 6.54 Å². The molecule has 1 aliphatic heterocycles. The zero-order valence-corrected chi connectivity index (χ0v) is 13.6. The van der Waals surface area contributed by atoms with Crippen LogP contribution in [0.4, 0.5) is 4.79 Å². The minimum atomic E-state index is -1.18. The Morgan fingerprint density at radius 1 is 1.00 bits per heavy atom. The van der Waals surface area contributed by atoms with Crippen molar-refractivity contribution in [3.8, 4) is 0 Å². The molecule has 0 saturated carbocycles. The van der Waals surface area contributed by atoms with Gasteiger partial charge in [-0.1, -0.05) is 60.7 Å². The van der Waals surface area contributed by atoms with Gasteiger partial charge in [0.2, 0.25) is 5.91 Å². The third-order valence-corrected chi connectivity index (χ3v) is 4.34. The first-order valence-corrected chi connectivity index (χ1v) is 8.05. The van der Waals surface area contributed by atoms with Gasteiger partial charge >= 0.3 is 6.03 Å². The molecule has 2 aromatic carbocycles. The highest BCUT2D eigenvalue weighted by atomic mass is 16.2. The van der Waals surface area contributed by atoms with Crippen LogP contribution in [0.3, 0.4) is 0 Å². The van der Waals surface area contributed by atoms with Crippen LogP contribution in [-0.4, -0.2) is 29.3 Å². The lowest BCUT2D eigenvalue weighted by Gasteiger charge is -2.27. The molecule has 25 heavy (non-hydrogen) atoms. The lowest BCUT2D eigenvalue weighted by Crippen LogP contribution is -2.46. The highest BCUT2D eigenvalue weighted by Gasteiger charge is 2.52. The van der Waals surface area contributed by atoms with E-state index in [4.69, 9.17) is 5.73 Å². The van der Waals surface area contributed by atoms with Gasteiger partial charge in [-0.15, -0.1) is 0 Å². The molecule has 2 aromatic rings. The quantitative estimate of drug-likeness (QED) is 0.783. The van der Waals surface area contributed by atoms with E-state index < -0.39 is 17.5 Å². The second-order valence-corrected chi connectivity index (χ2v) is 6.04. The summed E-state index contributed by atoms with van der Waals surface area (Å²) in [5, 5.41) is 2.84. The van der Waals surface area contributed by atoms with E-state index >= 15 is 0 Å². The van der Waals surface area contributed by atoms with Gasteiger partial charge in [0.1, 0.15) is 0 Å². The maximum absolute atomic E-state index is 13.1. The fourth-order valence-corrected chi connectivity index (χ4v) is 3.09. The summed E-state index contributed by atoms with van der Waals surface area (Å²) >= 11 is 0. The molecule has 128 valence electrons. The SMILES string of the molecule is NC(=O)CCN1C(=O)NC(Cc2ccccc2)(c2ccccc2)C1=O. The molecule has 1 heterocycles. The van der Waals surface area contributed by atoms with Crippen LogP contribution in [0.5, 0.6) is 0 Å². The first-order chi connectivity index (χ1) is 12.0. The minimum Gasteiger partial charge on any atom is -0.370 e. The molecule has 6 nitrogen and oxygen atoms in total. The van der Waals surface area contributed by atoms with Crippen LogP contribution in [0.1, 0.15) is 17.5 Å². The molecule has 0 spiro atoms. The number of rotatable bonds is 6. The number of nitrogens with zero attached hydrogens (tertiary/aromatic N) is 1. The van der Waals surface area contributed by atoms with E-state index in [1.54, 1.807) is 0 Å². The second-order valence-electron chi connectivity index (χ2n) is 6.04. The van der Waals surface area contributed by atoms with Crippen LogP contribution in [-0.2, 0) is 21.5 Å². The van der Waals surface area contributed by atoms with Crippen molar-refractivity contribution in [3.63, 3.8) is 0 Å². The van der Waals surface area contributed by atoms with Gasteiger partial charge in [0.25, 0.3) is 5.91 Å². The van der Waals surface area contributed by atoms with Crippen molar-refractivity contribution in [1.29, 1.82) is 0 Å². The summed E-state index contributed by atoms with van der Waals surface area (Å²) in [5.74, 6) is -0.922. The fourth-order valence-electron chi connectivity index (χ4n) is 3.09. The predicted molar refractivity (Wildman–Crippen MR) is 92.3 cm³/mol. The van der Waals surface area contributed by atoms with E-state index in [0.29, 0.717) is 12.0 Å². The minimum absolute atomic E-state index is 0.0244. The number of imide groups is 1. The number of primary amides is 1. The summed E-state index contributed by atoms with van der Waals surface area (Å²) in [6, 6.07) is 18.1. The molecule has 0 aliphatic carbocycles. The van der Waals surface area contributed by atoms with Crippen molar-refractivity contribution in [2.24, 2.45) is 5.73 Å². The number of nitrogens with one attached hydrogen (secondary N) is 1. The van der Waals surface area contributed by atoms with Crippen LogP contribution < -0.4 is 11.1 Å². The van der Waals surface area contributed by atoms with Crippen LogP contribution >= 0.6 is 0 Å². The zero-order chi connectivity index (χ0) is 17.9. The zero-order valence-electron chi connectivity index (χ0n) is 13.6. The monoisotopic (exact) mass is 337 g/mol. The molecule has 1 atom stereocenters. The average Bonchev–Trinajstić information content (AvgIpc) is 2.85. The Morgan fingerprint density at radius 2 is 1.60 bits per heavy atom. The summed E-state index contributed by atoms with van der Waals surface area (Å²) in [4.78, 5) is 37.7. The largest absolute Gasteiger partial charge is 0.370 e. The van der Waals surface area contributed by atoms with E-state index in [2.05, 4.69) is 5.32 Å². The first kappa shape index (κ1) is 16.7. The maximum atomic E-state index is 13.1. The van der Waals surface area contributed by atoms with Crippen LogP contribution in [0.25, 0.3) is 0 Å². The summed E-state index contributed by atoms with van der Waals surface area (Å²) in [7, 11) is 0. The van der Waals surface area contributed by atoms with E-state index in [1.807, 2.05) is 60.7 Å². The molecular formula is C19H19N3O3. The number of benzene rings is 2. The van der Waals surface area contributed by atoms with Gasteiger partial charge in [-0.25, -0.2) is 4.79 Å². The van der Waals surface area contributed by atoms with E-state index in [1.165, 1.54) is 0 Å². The number of carbonyl (C=O) groups excluding carboxylic acids is 3. The first-order valence-electron chi connectivity index (χ1n) is 8.05. The molecular weight excluding hydrogens is 318 g/mol. The molecule has 1 aliphatic rings. The Hall–Kier alpha value is -3.15. The number of nitrogens with two attached hydrogens (primary N) is 1. The van der Waals surface area contributed by atoms with Gasteiger partial charge in [0, 0.05) is 19.4 Å². The van der Waals surface area contributed by atoms with Crippen molar-refractivity contribution >= 4 is 17.8 Å². The molecule has 0 aromatic heterocycles. The van der Waals surface area contributed by atoms with Crippen molar-refractivity contribution < 1.29 is 14.4 Å². The smallest absolute Gasteiger partial charge is 0.325 e. The van der Waals surface area contributed by atoms with Crippen LogP contribution in [0, 0.1) is 0 Å². The number of hydrogen-bond donors (Lipinski definition) is 2. The van der Waals surface area contributed by atoms with Gasteiger partial charge in [0.15, 0.2) is 5.54 Å². The molecule has 0 bridgehead atoms. The molecule has 3 N–H and O–H groups in total. The molecule has 3 rings (SSSR count). The Morgan fingerprint density at radius 3 is 2.20 bits per heavy atom. The topological polar surface area (TPSA) is 92.5 Å². The number of hydrogen-bond acceptors (Lipinski definition) is 3. The Bertz CT molecular complexity index is 792. The Kier molecular flexibility index (Phi) is 4.52. The van der Waals surface area contributed by atoms with Gasteiger partial charge in [-0.3, -0.25) is 14.5 Å². The average molecular weight is 337 g/mol. The van der Waals surface area contributed by atoms with Gasteiger partial charge in [-0.2, -0.15) is 0 Å². The fraction of sp³-hybridized carbons (Fsp3) is 0.211. The second kappa shape index (κ2) is 6.76. The van der Waals surface area contributed by atoms with Gasteiger partial charge < -0.3 is 11.1 Å². The Balaban J connectivity index is 1.99. The molecule has 1 saturated heterocycles.